The molecule has 1 fully saturated rings. The summed E-state index contributed by atoms with van der Waals surface area (Å²) < 4.78 is 0. The number of ketones is 1. The van der Waals surface area contributed by atoms with Crippen LogP contribution in [0.4, 0.5) is 5.69 Å². The van der Waals surface area contributed by atoms with Crippen LogP contribution >= 0.6 is 11.6 Å². The summed E-state index contributed by atoms with van der Waals surface area (Å²) in [5.41, 5.74) is 2.98. The van der Waals surface area contributed by atoms with Crippen molar-refractivity contribution in [1.82, 2.24) is 0 Å². The van der Waals surface area contributed by atoms with Crippen LogP contribution in [0, 0.1) is 6.92 Å². The van der Waals surface area contributed by atoms with Crippen molar-refractivity contribution < 1.29 is 4.79 Å². The summed E-state index contributed by atoms with van der Waals surface area (Å²) >= 11 is 5.94. The van der Waals surface area contributed by atoms with Gasteiger partial charge in [0.15, 0.2) is 5.78 Å². The lowest BCUT2D eigenvalue weighted by Crippen LogP contribution is -2.10. The maximum atomic E-state index is 11.6. The van der Waals surface area contributed by atoms with E-state index in [9.17, 15) is 4.79 Å². The van der Waals surface area contributed by atoms with E-state index in [1.54, 1.807) is 0 Å². The molecule has 0 radical (unpaired) electrons. The Morgan fingerprint density at radius 2 is 2.06 bits per heavy atom. The molecule has 1 N–H and O–H groups in total. The molecule has 1 aliphatic carbocycles. The smallest absolute Gasteiger partial charge is 0.160 e. The van der Waals surface area contributed by atoms with Crippen molar-refractivity contribution in [3.05, 3.63) is 40.6 Å². The van der Waals surface area contributed by atoms with Crippen molar-refractivity contribution >= 4 is 23.1 Å². The average molecular weight is 250 g/mol. The van der Waals surface area contributed by atoms with Gasteiger partial charge in [0, 0.05) is 28.9 Å². The molecule has 0 heterocycles. The molecule has 0 unspecified atom stereocenters. The summed E-state index contributed by atoms with van der Waals surface area (Å²) in [6.07, 6.45) is 5.52. The number of hydrogen-bond acceptors (Lipinski definition) is 2. The molecule has 0 saturated heterocycles. The third-order valence-corrected chi connectivity index (χ3v) is 3.29. The van der Waals surface area contributed by atoms with Crippen molar-refractivity contribution in [2.24, 2.45) is 0 Å². The van der Waals surface area contributed by atoms with E-state index in [4.69, 9.17) is 11.6 Å². The van der Waals surface area contributed by atoms with Gasteiger partial charge in [-0.3, -0.25) is 4.79 Å². The van der Waals surface area contributed by atoms with Crippen molar-refractivity contribution in [3.8, 4) is 0 Å². The first-order chi connectivity index (χ1) is 8.16. The fourth-order valence-electron chi connectivity index (χ4n) is 1.97. The highest BCUT2D eigenvalue weighted by molar-refractivity contribution is 6.30. The third-order valence-electron chi connectivity index (χ3n) is 3.06. The molecule has 0 aliphatic heterocycles. The molecule has 1 aliphatic rings. The summed E-state index contributed by atoms with van der Waals surface area (Å²) in [5.74, 6) is 0.267. The lowest BCUT2D eigenvalue weighted by atomic mass is 9.94. The highest BCUT2D eigenvalue weighted by Crippen LogP contribution is 2.23. The number of benzene rings is 1. The SMILES string of the molecule is Cc1ccc(Cl)cc1NC=C1CCCCC1=O. The van der Waals surface area contributed by atoms with Crippen molar-refractivity contribution in [2.45, 2.75) is 32.6 Å². The van der Waals surface area contributed by atoms with Crippen LogP contribution in [0.2, 0.25) is 5.02 Å². The minimum atomic E-state index is 0.267. The number of carbonyl (C=O) groups excluding carboxylic acids is 1. The molecule has 2 rings (SSSR count). The zero-order valence-electron chi connectivity index (χ0n) is 9.92. The normalized spacial score (nSPS) is 18.5. The summed E-state index contributed by atoms with van der Waals surface area (Å²) in [5, 5.41) is 3.89. The average Bonchev–Trinajstić information content (AvgIpc) is 2.32. The summed E-state index contributed by atoms with van der Waals surface area (Å²) in [4.78, 5) is 11.6. The second-order valence-electron chi connectivity index (χ2n) is 4.40. The minimum Gasteiger partial charge on any atom is -0.361 e. The quantitative estimate of drug-likeness (QED) is 0.800. The van der Waals surface area contributed by atoms with E-state index in [1.807, 2.05) is 31.3 Å². The Morgan fingerprint density at radius 3 is 2.82 bits per heavy atom. The van der Waals surface area contributed by atoms with Gasteiger partial charge in [-0.15, -0.1) is 0 Å². The molecule has 1 aromatic carbocycles. The fourth-order valence-corrected chi connectivity index (χ4v) is 2.14. The monoisotopic (exact) mass is 249 g/mol. The predicted octanol–water partition coefficient (Wildman–Crippen LogP) is 4.09. The van der Waals surface area contributed by atoms with Crippen LogP contribution in [0.3, 0.4) is 0 Å². The van der Waals surface area contributed by atoms with Gasteiger partial charge in [-0.2, -0.15) is 0 Å². The Morgan fingerprint density at radius 1 is 1.29 bits per heavy atom. The third kappa shape index (κ3) is 3.10. The molecular weight excluding hydrogens is 234 g/mol. The Bertz CT molecular complexity index is 465. The molecule has 17 heavy (non-hydrogen) atoms. The number of hydrogen-bond donors (Lipinski definition) is 1. The molecule has 0 atom stereocenters. The second-order valence-corrected chi connectivity index (χ2v) is 4.84. The number of carbonyl (C=O) groups is 1. The van der Waals surface area contributed by atoms with Crippen LogP contribution in [0.25, 0.3) is 0 Å². The molecular formula is C14H16ClNO. The largest absolute Gasteiger partial charge is 0.361 e. The van der Waals surface area contributed by atoms with Gasteiger partial charge in [0.25, 0.3) is 0 Å². The van der Waals surface area contributed by atoms with Gasteiger partial charge in [0.2, 0.25) is 0 Å². The Kier molecular flexibility index (Phi) is 3.85. The molecule has 0 bridgehead atoms. The van der Waals surface area contributed by atoms with E-state index >= 15 is 0 Å². The van der Waals surface area contributed by atoms with Crippen molar-refractivity contribution in [1.29, 1.82) is 0 Å². The van der Waals surface area contributed by atoms with Crippen LogP contribution in [-0.4, -0.2) is 5.78 Å². The van der Waals surface area contributed by atoms with Crippen molar-refractivity contribution in [2.75, 3.05) is 5.32 Å². The van der Waals surface area contributed by atoms with E-state index in [1.165, 1.54) is 0 Å². The Hall–Kier alpha value is -1.28. The Balaban J connectivity index is 2.13. The summed E-state index contributed by atoms with van der Waals surface area (Å²) in [6, 6.07) is 5.70. The molecule has 1 saturated carbocycles. The van der Waals surface area contributed by atoms with Crippen LogP contribution in [0.15, 0.2) is 30.0 Å². The molecule has 3 heteroatoms. The van der Waals surface area contributed by atoms with Gasteiger partial charge in [0.1, 0.15) is 0 Å². The highest BCUT2D eigenvalue weighted by Gasteiger charge is 2.14. The first kappa shape index (κ1) is 12.2. The van der Waals surface area contributed by atoms with E-state index in [0.29, 0.717) is 11.4 Å². The number of anilines is 1. The topological polar surface area (TPSA) is 29.1 Å². The van der Waals surface area contributed by atoms with E-state index in [2.05, 4.69) is 5.32 Å². The highest BCUT2D eigenvalue weighted by atomic mass is 35.5. The summed E-state index contributed by atoms with van der Waals surface area (Å²) in [6.45, 7) is 2.01. The second kappa shape index (κ2) is 5.37. The molecule has 0 amide bonds. The molecule has 2 nitrogen and oxygen atoms in total. The van der Waals surface area contributed by atoms with Crippen molar-refractivity contribution in [3.63, 3.8) is 0 Å². The van der Waals surface area contributed by atoms with Gasteiger partial charge >= 0.3 is 0 Å². The molecule has 0 aromatic heterocycles. The predicted molar refractivity (Wildman–Crippen MR) is 71.4 cm³/mol. The summed E-state index contributed by atoms with van der Waals surface area (Å²) in [7, 11) is 0. The molecule has 90 valence electrons. The number of Topliss-reactive ketones (excluding diaryl/α,β-unsaturated/α-hetero) is 1. The van der Waals surface area contributed by atoms with Gasteiger partial charge in [-0.1, -0.05) is 17.7 Å². The number of nitrogens with one attached hydrogen (secondary N) is 1. The van der Waals surface area contributed by atoms with E-state index in [-0.39, 0.29) is 5.78 Å². The number of aryl methyl sites for hydroxylation is 1. The first-order valence-corrected chi connectivity index (χ1v) is 6.29. The van der Waals surface area contributed by atoms with Crippen LogP contribution in [0.1, 0.15) is 31.2 Å². The van der Waals surface area contributed by atoms with E-state index in [0.717, 1.165) is 36.1 Å². The lowest BCUT2D eigenvalue weighted by Gasteiger charge is -2.13. The molecule has 1 aromatic rings. The molecule has 0 spiro atoms. The Labute approximate surface area is 107 Å². The van der Waals surface area contributed by atoms with Crippen LogP contribution in [-0.2, 0) is 4.79 Å². The van der Waals surface area contributed by atoms with Gasteiger partial charge in [-0.25, -0.2) is 0 Å². The first-order valence-electron chi connectivity index (χ1n) is 5.92. The zero-order valence-corrected chi connectivity index (χ0v) is 10.7. The number of rotatable bonds is 2. The van der Waals surface area contributed by atoms with Gasteiger partial charge in [0.05, 0.1) is 0 Å². The van der Waals surface area contributed by atoms with Crippen LogP contribution in [0.5, 0.6) is 0 Å². The lowest BCUT2D eigenvalue weighted by molar-refractivity contribution is -0.116. The standard InChI is InChI=1S/C14H16ClNO/c1-10-6-7-12(15)8-13(10)16-9-11-4-2-3-5-14(11)17/h6-9,16H,2-5H2,1H3. The fraction of sp³-hybridized carbons (Fsp3) is 0.357. The van der Waals surface area contributed by atoms with Gasteiger partial charge < -0.3 is 5.32 Å². The van der Waals surface area contributed by atoms with E-state index < -0.39 is 0 Å². The minimum absolute atomic E-state index is 0.267. The maximum absolute atomic E-state index is 11.6. The number of allylic oxidation sites excluding steroid dienone is 1. The zero-order chi connectivity index (χ0) is 12.3. The number of halogens is 1. The van der Waals surface area contributed by atoms with Gasteiger partial charge in [-0.05, 0) is 43.9 Å². The van der Waals surface area contributed by atoms with Crippen LogP contribution < -0.4 is 5.32 Å². The maximum Gasteiger partial charge on any atom is 0.160 e.